The standard InChI is InChI=1S/C24H27NO3S/c1-2-3-4-6-9-20-12-18-24(19-13-20)29(26,27)25-21-14-16-23(17-15-21)28-22-10-7-5-8-11-22/h5,7-8,10-19,25H,2-4,6,9H2,1H3. The highest BCUT2D eigenvalue weighted by molar-refractivity contribution is 7.92. The number of anilines is 1. The van der Waals surface area contributed by atoms with Crippen molar-refractivity contribution >= 4 is 15.7 Å². The molecule has 0 spiro atoms. The van der Waals surface area contributed by atoms with Crippen molar-refractivity contribution < 1.29 is 13.2 Å². The van der Waals surface area contributed by atoms with Crippen LogP contribution in [0.2, 0.25) is 0 Å². The zero-order valence-corrected chi connectivity index (χ0v) is 17.5. The Bertz CT molecular complexity index is 983. The largest absolute Gasteiger partial charge is 0.457 e. The van der Waals surface area contributed by atoms with Crippen molar-refractivity contribution in [3.8, 4) is 11.5 Å². The number of sulfonamides is 1. The van der Waals surface area contributed by atoms with Gasteiger partial charge in [-0.25, -0.2) is 8.42 Å². The van der Waals surface area contributed by atoms with E-state index in [4.69, 9.17) is 4.74 Å². The molecule has 0 saturated carbocycles. The fourth-order valence-electron chi connectivity index (χ4n) is 3.02. The number of aryl methyl sites for hydroxylation is 1. The molecule has 0 aliphatic carbocycles. The van der Waals surface area contributed by atoms with E-state index >= 15 is 0 Å². The van der Waals surface area contributed by atoms with Gasteiger partial charge in [0.25, 0.3) is 10.0 Å². The fourth-order valence-corrected chi connectivity index (χ4v) is 4.08. The van der Waals surface area contributed by atoms with E-state index in [0.717, 1.165) is 18.6 Å². The molecule has 3 aromatic rings. The van der Waals surface area contributed by atoms with Crippen LogP contribution in [0.3, 0.4) is 0 Å². The summed E-state index contributed by atoms with van der Waals surface area (Å²) in [4.78, 5) is 0.263. The maximum Gasteiger partial charge on any atom is 0.261 e. The van der Waals surface area contributed by atoms with Crippen molar-refractivity contribution in [1.82, 2.24) is 0 Å². The second-order valence-electron chi connectivity index (χ2n) is 7.00. The molecule has 0 atom stereocenters. The smallest absolute Gasteiger partial charge is 0.261 e. The van der Waals surface area contributed by atoms with Gasteiger partial charge >= 0.3 is 0 Å². The zero-order valence-electron chi connectivity index (χ0n) is 16.7. The Kier molecular flexibility index (Phi) is 7.30. The monoisotopic (exact) mass is 409 g/mol. The molecule has 0 bridgehead atoms. The van der Waals surface area contributed by atoms with Crippen LogP contribution in [0.4, 0.5) is 5.69 Å². The van der Waals surface area contributed by atoms with Gasteiger partial charge in [-0.05, 0) is 66.9 Å². The predicted molar refractivity (Wildman–Crippen MR) is 118 cm³/mol. The molecule has 5 heteroatoms. The molecular weight excluding hydrogens is 382 g/mol. The first kappa shape index (κ1) is 20.9. The summed E-state index contributed by atoms with van der Waals surface area (Å²) >= 11 is 0. The summed E-state index contributed by atoms with van der Waals surface area (Å²) in [5, 5.41) is 0. The lowest BCUT2D eigenvalue weighted by Crippen LogP contribution is -2.12. The van der Waals surface area contributed by atoms with Crippen molar-refractivity contribution in [3.63, 3.8) is 0 Å². The van der Waals surface area contributed by atoms with E-state index in [0.29, 0.717) is 11.4 Å². The lowest BCUT2D eigenvalue weighted by atomic mass is 10.1. The molecule has 0 amide bonds. The summed E-state index contributed by atoms with van der Waals surface area (Å²) in [5.74, 6) is 1.38. The number of benzene rings is 3. The van der Waals surface area contributed by atoms with E-state index in [2.05, 4.69) is 11.6 Å². The predicted octanol–water partition coefficient (Wildman–Crippen LogP) is 6.40. The van der Waals surface area contributed by atoms with Gasteiger partial charge in [-0.3, -0.25) is 4.72 Å². The maximum atomic E-state index is 12.6. The minimum absolute atomic E-state index is 0.263. The van der Waals surface area contributed by atoms with Gasteiger partial charge in [-0.2, -0.15) is 0 Å². The summed E-state index contributed by atoms with van der Waals surface area (Å²) in [5.41, 5.74) is 1.66. The number of rotatable bonds is 10. The third-order valence-corrected chi connectivity index (χ3v) is 6.04. The van der Waals surface area contributed by atoms with Crippen LogP contribution in [0.15, 0.2) is 83.8 Å². The summed E-state index contributed by atoms with van der Waals surface area (Å²) in [6, 6.07) is 23.5. The van der Waals surface area contributed by atoms with Crippen LogP contribution in [0.1, 0.15) is 38.2 Å². The number of unbranched alkanes of at least 4 members (excludes halogenated alkanes) is 3. The first-order valence-corrected chi connectivity index (χ1v) is 11.5. The lowest BCUT2D eigenvalue weighted by Gasteiger charge is -2.10. The molecule has 0 aromatic heterocycles. The molecular formula is C24H27NO3S. The molecule has 29 heavy (non-hydrogen) atoms. The molecule has 0 unspecified atom stereocenters. The van der Waals surface area contributed by atoms with Crippen LogP contribution in [0, 0.1) is 0 Å². The van der Waals surface area contributed by atoms with E-state index in [-0.39, 0.29) is 4.90 Å². The lowest BCUT2D eigenvalue weighted by molar-refractivity contribution is 0.483. The van der Waals surface area contributed by atoms with E-state index in [9.17, 15) is 8.42 Å². The highest BCUT2D eigenvalue weighted by atomic mass is 32.2. The summed E-state index contributed by atoms with van der Waals surface area (Å²) in [6.07, 6.45) is 5.78. The Morgan fingerprint density at radius 3 is 2.07 bits per heavy atom. The number of ether oxygens (including phenoxy) is 1. The quantitative estimate of drug-likeness (QED) is 0.394. The molecule has 3 aromatic carbocycles. The van der Waals surface area contributed by atoms with Crippen LogP contribution in [0.5, 0.6) is 11.5 Å². The molecule has 4 nitrogen and oxygen atoms in total. The average molecular weight is 410 g/mol. The second-order valence-corrected chi connectivity index (χ2v) is 8.68. The summed E-state index contributed by atoms with van der Waals surface area (Å²) < 4.78 is 33.6. The van der Waals surface area contributed by atoms with Gasteiger partial charge in [-0.1, -0.05) is 56.5 Å². The van der Waals surface area contributed by atoms with Crippen molar-refractivity contribution in [2.45, 2.75) is 43.9 Å². The van der Waals surface area contributed by atoms with Crippen LogP contribution in [0.25, 0.3) is 0 Å². The normalized spacial score (nSPS) is 11.2. The van der Waals surface area contributed by atoms with Gasteiger partial charge in [0.15, 0.2) is 0 Å². The molecule has 152 valence electrons. The van der Waals surface area contributed by atoms with E-state index in [1.165, 1.54) is 24.8 Å². The van der Waals surface area contributed by atoms with E-state index in [1.54, 1.807) is 36.4 Å². The number of nitrogens with one attached hydrogen (secondary N) is 1. The first-order chi connectivity index (χ1) is 14.1. The fraction of sp³-hybridized carbons (Fsp3) is 0.250. The maximum absolute atomic E-state index is 12.6. The first-order valence-electron chi connectivity index (χ1n) is 10.0. The summed E-state index contributed by atoms with van der Waals surface area (Å²) in [6.45, 7) is 2.19. The minimum atomic E-state index is -3.62. The topological polar surface area (TPSA) is 55.4 Å². The number of para-hydroxylation sites is 1. The van der Waals surface area contributed by atoms with Gasteiger partial charge in [0, 0.05) is 5.69 Å². The SMILES string of the molecule is CCCCCCc1ccc(S(=O)(=O)Nc2ccc(Oc3ccccc3)cc2)cc1. The Balaban J connectivity index is 1.60. The minimum Gasteiger partial charge on any atom is -0.457 e. The second kappa shape index (κ2) is 10.1. The molecule has 0 heterocycles. The van der Waals surface area contributed by atoms with E-state index < -0.39 is 10.0 Å². The highest BCUT2D eigenvalue weighted by Gasteiger charge is 2.14. The molecule has 0 aliphatic heterocycles. The Labute approximate surface area is 173 Å². The molecule has 0 aliphatic rings. The van der Waals surface area contributed by atoms with Crippen molar-refractivity contribution in [2.75, 3.05) is 4.72 Å². The van der Waals surface area contributed by atoms with Crippen molar-refractivity contribution in [3.05, 3.63) is 84.4 Å². The van der Waals surface area contributed by atoms with Crippen LogP contribution in [-0.4, -0.2) is 8.42 Å². The van der Waals surface area contributed by atoms with Gasteiger partial charge in [0.05, 0.1) is 4.90 Å². The zero-order chi connectivity index (χ0) is 20.5. The van der Waals surface area contributed by atoms with Crippen LogP contribution in [-0.2, 0) is 16.4 Å². The van der Waals surface area contributed by atoms with Crippen LogP contribution < -0.4 is 9.46 Å². The van der Waals surface area contributed by atoms with Gasteiger partial charge in [-0.15, -0.1) is 0 Å². The van der Waals surface area contributed by atoms with Gasteiger partial charge in [0.2, 0.25) is 0 Å². The number of hydrogen-bond acceptors (Lipinski definition) is 3. The Morgan fingerprint density at radius 1 is 0.759 bits per heavy atom. The van der Waals surface area contributed by atoms with Gasteiger partial charge in [0.1, 0.15) is 11.5 Å². The van der Waals surface area contributed by atoms with E-state index in [1.807, 2.05) is 42.5 Å². The van der Waals surface area contributed by atoms with Crippen molar-refractivity contribution in [2.24, 2.45) is 0 Å². The highest BCUT2D eigenvalue weighted by Crippen LogP contribution is 2.24. The molecule has 3 rings (SSSR count). The third-order valence-electron chi connectivity index (χ3n) is 4.64. The third kappa shape index (κ3) is 6.36. The molecule has 0 saturated heterocycles. The Hall–Kier alpha value is -2.79. The van der Waals surface area contributed by atoms with Crippen molar-refractivity contribution in [1.29, 1.82) is 0 Å². The molecule has 0 radical (unpaired) electrons. The molecule has 0 fully saturated rings. The summed E-state index contributed by atoms with van der Waals surface area (Å²) in [7, 11) is -3.62. The molecule has 1 N–H and O–H groups in total. The number of hydrogen-bond donors (Lipinski definition) is 1. The van der Waals surface area contributed by atoms with Crippen LogP contribution >= 0.6 is 0 Å². The average Bonchev–Trinajstić information content (AvgIpc) is 2.74. The van der Waals surface area contributed by atoms with Gasteiger partial charge < -0.3 is 4.74 Å². The Morgan fingerprint density at radius 2 is 1.41 bits per heavy atom.